The van der Waals surface area contributed by atoms with Crippen LogP contribution in [0.1, 0.15) is 62.8 Å². The van der Waals surface area contributed by atoms with Crippen LogP contribution in [0.4, 0.5) is 0 Å². The molecule has 0 N–H and O–H groups in total. The van der Waals surface area contributed by atoms with E-state index < -0.39 is 0 Å². The third kappa shape index (κ3) is 2.12. The molecule has 0 radical (unpaired) electrons. The highest BCUT2D eigenvalue weighted by atomic mass is 16.5. The normalized spacial score (nSPS) is 28.9. The summed E-state index contributed by atoms with van der Waals surface area (Å²) in [7, 11) is 0. The van der Waals surface area contributed by atoms with E-state index in [-0.39, 0.29) is 5.60 Å². The van der Waals surface area contributed by atoms with Crippen molar-refractivity contribution in [1.82, 2.24) is 9.55 Å². The van der Waals surface area contributed by atoms with Crippen LogP contribution in [0.2, 0.25) is 0 Å². The van der Waals surface area contributed by atoms with E-state index >= 15 is 0 Å². The van der Waals surface area contributed by atoms with Crippen LogP contribution in [0.15, 0.2) is 6.33 Å². The predicted molar refractivity (Wildman–Crippen MR) is 74.2 cm³/mol. The summed E-state index contributed by atoms with van der Waals surface area (Å²) in [6.45, 7) is 1.03. The molecule has 1 unspecified atom stereocenters. The number of ether oxygens (including phenoxy) is 1. The van der Waals surface area contributed by atoms with Crippen molar-refractivity contribution in [1.29, 1.82) is 0 Å². The molecule has 2 aliphatic carbocycles. The summed E-state index contributed by atoms with van der Waals surface area (Å²) >= 11 is 0. The first kappa shape index (κ1) is 12.0. The second-order valence-corrected chi connectivity index (χ2v) is 6.67. The molecule has 3 heteroatoms. The zero-order valence-electron chi connectivity index (χ0n) is 11.7. The van der Waals surface area contributed by atoms with E-state index in [0.29, 0.717) is 6.10 Å². The van der Waals surface area contributed by atoms with E-state index in [1.807, 2.05) is 0 Å². The number of nitrogens with zero attached hydrogens (tertiary/aromatic N) is 2. The van der Waals surface area contributed by atoms with Gasteiger partial charge in [-0.2, -0.15) is 0 Å². The number of aromatic nitrogens is 2. The molecule has 1 atom stereocenters. The minimum atomic E-state index is 0.269. The van der Waals surface area contributed by atoms with Gasteiger partial charge in [-0.15, -0.1) is 0 Å². The van der Waals surface area contributed by atoms with Crippen molar-refractivity contribution in [2.75, 3.05) is 0 Å². The first-order valence-corrected chi connectivity index (χ1v) is 8.05. The summed E-state index contributed by atoms with van der Waals surface area (Å²) in [6, 6.07) is 0. The minimum absolute atomic E-state index is 0.269. The molecule has 0 bridgehead atoms. The van der Waals surface area contributed by atoms with E-state index in [0.717, 1.165) is 6.54 Å². The lowest BCUT2D eigenvalue weighted by molar-refractivity contribution is -0.0420. The summed E-state index contributed by atoms with van der Waals surface area (Å²) in [5.41, 5.74) is 3.10. The highest BCUT2D eigenvalue weighted by Crippen LogP contribution is 2.43. The van der Waals surface area contributed by atoms with Gasteiger partial charge in [0.1, 0.15) is 0 Å². The molecule has 1 saturated carbocycles. The lowest BCUT2D eigenvalue weighted by Crippen LogP contribution is -2.27. The molecule has 2 fully saturated rings. The molecule has 1 aliphatic heterocycles. The Labute approximate surface area is 115 Å². The molecule has 1 saturated heterocycles. The summed E-state index contributed by atoms with van der Waals surface area (Å²) in [4.78, 5) is 4.60. The van der Waals surface area contributed by atoms with E-state index in [4.69, 9.17) is 4.74 Å². The van der Waals surface area contributed by atoms with Crippen LogP contribution in [-0.2, 0) is 24.1 Å². The molecule has 1 spiro atoms. The van der Waals surface area contributed by atoms with Gasteiger partial charge < -0.3 is 9.30 Å². The average molecular weight is 260 g/mol. The van der Waals surface area contributed by atoms with Crippen LogP contribution in [0, 0.1) is 0 Å². The van der Waals surface area contributed by atoms with Gasteiger partial charge in [-0.05, 0) is 51.4 Å². The van der Waals surface area contributed by atoms with Crippen LogP contribution in [-0.4, -0.2) is 21.3 Å². The van der Waals surface area contributed by atoms with Crippen LogP contribution >= 0.6 is 0 Å². The molecule has 104 valence electrons. The van der Waals surface area contributed by atoms with E-state index in [2.05, 4.69) is 15.9 Å². The number of fused-ring (bicyclic) bond motifs is 1. The zero-order valence-corrected chi connectivity index (χ0v) is 11.7. The maximum atomic E-state index is 6.43. The standard InChI is InChI=1S/C16H24N2O/c1-2-6-15-14(5-1)17-12-18(15)11-13-7-10-16(19-13)8-3-4-9-16/h12-13H,1-11H2. The van der Waals surface area contributed by atoms with Gasteiger partial charge in [0.15, 0.2) is 0 Å². The first-order valence-electron chi connectivity index (χ1n) is 8.05. The van der Waals surface area contributed by atoms with Crippen LogP contribution in [0.5, 0.6) is 0 Å². The average Bonchev–Trinajstić information content (AvgIpc) is 3.14. The summed E-state index contributed by atoms with van der Waals surface area (Å²) < 4.78 is 8.81. The molecular formula is C16H24N2O. The largest absolute Gasteiger partial charge is 0.370 e. The van der Waals surface area contributed by atoms with Crippen molar-refractivity contribution < 1.29 is 4.74 Å². The summed E-state index contributed by atoms with van der Waals surface area (Å²) in [5.74, 6) is 0. The third-order valence-electron chi connectivity index (χ3n) is 5.36. The van der Waals surface area contributed by atoms with Crippen LogP contribution in [0.3, 0.4) is 0 Å². The monoisotopic (exact) mass is 260 g/mol. The molecule has 19 heavy (non-hydrogen) atoms. The van der Waals surface area contributed by atoms with Crippen molar-refractivity contribution in [2.45, 2.75) is 82.5 Å². The molecule has 0 aromatic carbocycles. The Balaban J connectivity index is 1.46. The van der Waals surface area contributed by atoms with Crippen molar-refractivity contribution in [2.24, 2.45) is 0 Å². The molecule has 0 amide bonds. The second-order valence-electron chi connectivity index (χ2n) is 6.67. The zero-order chi connectivity index (χ0) is 12.7. The number of rotatable bonds is 2. The van der Waals surface area contributed by atoms with Gasteiger partial charge in [-0.25, -0.2) is 4.98 Å². The fraction of sp³-hybridized carbons (Fsp3) is 0.812. The maximum Gasteiger partial charge on any atom is 0.0952 e. The number of hydrogen-bond acceptors (Lipinski definition) is 2. The molecule has 2 heterocycles. The highest BCUT2D eigenvalue weighted by Gasteiger charge is 2.42. The molecule has 1 aromatic rings. The summed E-state index contributed by atoms with van der Waals surface area (Å²) in [5, 5.41) is 0. The lowest BCUT2D eigenvalue weighted by Gasteiger charge is -2.24. The van der Waals surface area contributed by atoms with Gasteiger partial charge in [0.25, 0.3) is 0 Å². The minimum Gasteiger partial charge on any atom is -0.370 e. The van der Waals surface area contributed by atoms with E-state index in [1.54, 1.807) is 0 Å². The van der Waals surface area contributed by atoms with Crippen molar-refractivity contribution in [3.63, 3.8) is 0 Å². The Morgan fingerprint density at radius 2 is 2.00 bits per heavy atom. The molecule has 3 nitrogen and oxygen atoms in total. The van der Waals surface area contributed by atoms with Crippen molar-refractivity contribution in [3.8, 4) is 0 Å². The Morgan fingerprint density at radius 3 is 2.89 bits per heavy atom. The fourth-order valence-electron chi connectivity index (χ4n) is 4.32. The fourth-order valence-corrected chi connectivity index (χ4v) is 4.32. The van der Waals surface area contributed by atoms with Crippen LogP contribution in [0.25, 0.3) is 0 Å². The van der Waals surface area contributed by atoms with Gasteiger partial charge >= 0.3 is 0 Å². The molecule has 3 aliphatic rings. The highest BCUT2D eigenvalue weighted by molar-refractivity contribution is 5.16. The van der Waals surface area contributed by atoms with Crippen molar-refractivity contribution >= 4 is 0 Å². The second kappa shape index (κ2) is 4.62. The molecule has 1 aromatic heterocycles. The number of aryl methyl sites for hydroxylation is 1. The Bertz CT molecular complexity index is 459. The van der Waals surface area contributed by atoms with Gasteiger partial charge in [-0.1, -0.05) is 12.8 Å². The number of imidazole rings is 1. The van der Waals surface area contributed by atoms with Gasteiger partial charge in [0.2, 0.25) is 0 Å². The first-order chi connectivity index (χ1) is 9.35. The molecule has 4 rings (SSSR count). The maximum absolute atomic E-state index is 6.43. The smallest absolute Gasteiger partial charge is 0.0952 e. The Kier molecular flexibility index (Phi) is 2.91. The predicted octanol–water partition coefficient (Wildman–Crippen LogP) is 3.25. The Morgan fingerprint density at radius 1 is 1.16 bits per heavy atom. The van der Waals surface area contributed by atoms with Gasteiger partial charge in [0, 0.05) is 5.69 Å². The third-order valence-corrected chi connectivity index (χ3v) is 5.36. The number of hydrogen-bond donors (Lipinski definition) is 0. The topological polar surface area (TPSA) is 27.1 Å². The van der Waals surface area contributed by atoms with E-state index in [9.17, 15) is 0 Å². The van der Waals surface area contributed by atoms with Crippen LogP contribution < -0.4 is 0 Å². The van der Waals surface area contributed by atoms with Gasteiger partial charge in [0.05, 0.1) is 30.3 Å². The summed E-state index contributed by atoms with van der Waals surface area (Å²) in [6.07, 6.45) is 15.4. The lowest BCUT2D eigenvalue weighted by atomic mass is 9.98. The quantitative estimate of drug-likeness (QED) is 0.816. The van der Waals surface area contributed by atoms with Crippen molar-refractivity contribution in [3.05, 3.63) is 17.7 Å². The molecular weight excluding hydrogens is 236 g/mol. The van der Waals surface area contributed by atoms with Gasteiger partial charge in [-0.3, -0.25) is 0 Å². The Hall–Kier alpha value is -0.830. The van der Waals surface area contributed by atoms with E-state index in [1.165, 1.54) is 75.6 Å². The SMILES string of the molecule is c1nc2c(n1CC1CCC3(CCCC3)O1)CCCC2.